The van der Waals surface area contributed by atoms with Crippen LogP contribution in [0.25, 0.3) is 0 Å². The molecule has 2 heterocycles. The number of pyridine rings is 1. The number of aryl methyl sites for hydroxylation is 1. The molecule has 110 valence electrons. The summed E-state index contributed by atoms with van der Waals surface area (Å²) in [6, 6.07) is 1.40. The molecule has 1 aromatic heterocycles. The summed E-state index contributed by atoms with van der Waals surface area (Å²) in [6.07, 6.45) is 2.36. The highest BCUT2D eigenvalue weighted by atomic mass is 79.9. The minimum Gasteiger partial charge on any atom is -0.380 e. The lowest BCUT2D eigenvalue weighted by Crippen LogP contribution is -2.37. The molecule has 1 aromatic rings. The van der Waals surface area contributed by atoms with Crippen LogP contribution in [0.2, 0.25) is 0 Å². The van der Waals surface area contributed by atoms with Crippen molar-refractivity contribution in [2.24, 2.45) is 7.05 Å². The number of carbonyl (C=O) groups is 1. The minimum atomic E-state index is -0.212. The molecule has 20 heavy (non-hydrogen) atoms. The molecule has 0 saturated carbocycles. The second-order valence-corrected chi connectivity index (χ2v) is 5.89. The van der Waals surface area contributed by atoms with Crippen LogP contribution in [0.3, 0.4) is 0 Å². The highest BCUT2D eigenvalue weighted by Crippen LogP contribution is 2.20. The average Bonchev–Trinajstić information content (AvgIpc) is 2.77. The number of aromatic nitrogens is 1. The highest BCUT2D eigenvalue weighted by molar-refractivity contribution is 9.10. The van der Waals surface area contributed by atoms with Gasteiger partial charge in [0.1, 0.15) is 0 Å². The average molecular weight is 344 g/mol. The summed E-state index contributed by atoms with van der Waals surface area (Å²) >= 11 is 3.19. The quantitative estimate of drug-likeness (QED) is 0.881. The monoisotopic (exact) mass is 343 g/mol. The number of nitrogens with one attached hydrogen (secondary N) is 1. The minimum absolute atomic E-state index is 0.0856. The molecule has 0 unspecified atom stereocenters. The van der Waals surface area contributed by atoms with Crippen molar-refractivity contribution in [3.8, 4) is 0 Å². The molecule has 0 bridgehead atoms. The van der Waals surface area contributed by atoms with E-state index in [1.165, 1.54) is 4.57 Å². The summed E-state index contributed by atoms with van der Waals surface area (Å²) in [4.78, 5) is 25.8. The van der Waals surface area contributed by atoms with Gasteiger partial charge >= 0.3 is 0 Å². The fourth-order valence-corrected chi connectivity index (χ4v) is 2.92. The van der Waals surface area contributed by atoms with Gasteiger partial charge in [-0.3, -0.25) is 14.5 Å². The molecule has 1 aliphatic rings. The fraction of sp³-hybridized carbons (Fsp3) is 0.538. The lowest BCUT2D eigenvalue weighted by molar-refractivity contribution is -0.120. The van der Waals surface area contributed by atoms with Crippen LogP contribution in [0.1, 0.15) is 6.42 Å². The van der Waals surface area contributed by atoms with E-state index in [2.05, 4.69) is 21.2 Å². The molecule has 0 spiro atoms. The van der Waals surface area contributed by atoms with Crippen molar-refractivity contribution in [2.75, 3.05) is 26.0 Å². The molecule has 1 amide bonds. The zero-order valence-electron chi connectivity index (χ0n) is 11.7. The number of hydrogen-bond acceptors (Lipinski definition) is 4. The van der Waals surface area contributed by atoms with Gasteiger partial charge in [-0.1, -0.05) is 0 Å². The SMILES string of the molecule is CO[C@H]1C[C@@H](C(=O)Nc2cc(Br)c(=O)n(C)c2)N(C)C1. The van der Waals surface area contributed by atoms with E-state index in [-0.39, 0.29) is 23.6 Å². The normalized spacial score (nSPS) is 23.0. The molecule has 1 saturated heterocycles. The Bertz CT molecular complexity index is 546. The summed E-state index contributed by atoms with van der Waals surface area (Å²) in [5.41, 5.74) is 0.457. The van der Waals surface area contributed by atoms with Crippen molar-refractivity contribution >= 4 is 27.5 Å². The summed E-state index contributed by atoms with van der Waals surface area (Å²) in [6.45, 7) is 0.742. The summed E-state index contributed by atoms with van der Waals surface area (Å²) in [7, 11) is 5.20. The maximum atomic E-state index is 12.3. The van der Waals surface area contributed by atoms with Crippen LogP contribution in [0.15, 0.2) is 21.5 Å². The number of carbonyl (C=O) groups excluding carboxylic acids is 1. The van der Waals surface area contributed by atoms with Gasteiger partial charge in [0, 0.05) is 26.9 Å². The van der Waals surface area contributed by atoms with Gasteiger partial charge in [0.15, 0.2) is 0 Å². The van der Waals surface area contributed by atoms with Gasteiger partial charge in [-0.2, -0.15) is 0 Å². The Morgan fingerprint density at radius 3 is 2.75 bits per heavy atom. The van der Waals surface area contributed by atoms with Gasteiger partial charge in [-0.15, -0.1) is 0 Å². The molecule has 2 rings (SSSR count). The Labute approximate surface area is 125 Å². The second-order valence-electron chi connectivity index (χ2n) is 5.03. The van der Waals surface area contributed by atoms with Crippen molar-refractivity contribution in [3.63, 3.8) is 0 Å². The lowest BCUT2D eigenvalue weighted by atomic mass is 10.2. The Morgan fingerprint density at radius 1 is 1.50 bits per heavy atom. The second kappa shape index (κ2) is 6.07. The van der Waals surface area contributed by atoms with E-state index in [9.17, 15) is 9.59 Å². The topological polar surface area (TPSA) is 63.6 Å². The molecule has 1 aliphatic heterocycles. The first-order chi connectivity index (χ1) is 9.42. The van der Waals surface area contributed by atoms with E-state index in [1.54, 1.807) is 26.4 Å². The van der Waals surface area contributed by atoms with Crippen LogP contribution in [0, 0.1) is 0 Å². The fourth-order valence-electron chi connectivity index (χ4n) is 2.40. The van der Waals surface area contributed by atoms with E-state index < -0.39 is 0 Å². The number of rotatable bonds is 3. The van der Waals surface area contributed by atoms with Gasteiger partial charge in [-0.05, 0) is 35.5 Å². The Hall–Kier alpha value is -1.18. The van der Waals surface area contributed by atoms with Crippen LogP contribution < -0.4 is 10.9 Å². The Balaban J connectivity index is 2.11. The third-order valence-corrected chi connectivity index (χ3v) is 4.12. The number of methoxy groups -OCH3 is 1. The summed E-state index contributed by atoms with van der Waals surface area (Å²) < 4.78 is 7.14. The summed E-state index contributed by atoms with van der Waals surface area (Å²) in [5, 5.41) is 2.84. The zero-order chi connectivity index (χ0) is 14.9. The van der Waals surface area contributed by atoms with Crippen LogP contribution in [0.5, 0.6) is 0 Å². The maximum absolute atomic E-state index is 12.3. The van der Waals surface area contributed by atoms with Gasteiger partial charge in [0.2, 0.25) is 5.91 Å². The number of amides is 1. The van der Waals surface area contributed by atoms with Gasteiger partial charge in [0.25, 0.3) is 5.56 Å². The number of hydrogen-bond donors (Lipinski definition) is 1. The molecule has 7 heteroatoms. The molecule has 0 aromatic carbocycles. The standard InChI is InChI=1S/C13H18BrN3O3/c1-16-7-9(20-3)5-11(16)12(18)15-8-4-10(14)13(19)17(2)6-8/h4,6,9,11H,5,7H2,1-3H3,(H,15,18)/t9-,11-/m0/s1. The molecule has 1 N–H and O–H groups in total. The first-order valence-electron chi connectivity index (χ1n) is 6.32. The molecular weight excluding hydrogens is 326 g/mol. The number of anilines is 1. The third kappa shape index (κ3) is 3.11. The van der Waals surface area contributed by atoms with E-state index >= 15 is 0 Å². The predicted octanol–water partition coefficient (Wildman–Crippen LogP) is 0.805. The summed E-state index contributed by atoms with van der Waals surface area (Å²) in [5.74, 6) is -0.0856. The molecule has 2 atom stereocenters. The van der Waals surface area contributed by atoms with Crippen molar-refractivity contribution in [3.05, 3.63) is 27.1 Å². The van der Waals surface area contributed by atoms with Gasteiger partial charge < -0.3 is 14.6 Å². The predicted molar refractivity (Wildman–Crippen MR) is 79.8 cm³/mol. The van der Waals surface area contributed by atoms with Crippen LogP contribution in [0.4, 0.5) is 5.69 Å². The molecule has 0 radical (unpaired) electrons. The number of likely N-dealkylation sites (N-methyl/N-ethyl adjacent to an activating group) is 1. The first kappa shape index (κ1) is 15.2. The van der Waals surface area contributed by atoms with E-state index in [1.807, 2.05) is 11.9 Å². The first-order valence-corrected chi connectivity index (χ1v) is 7.11. The third-order valence-electron chi connectivity index (χ3n) is 3.55. The van der Waals surface area contributed by atoms with Crippen molar-refractivity contribution < 1.29 is 9.53 Å². The number of ether oxygens (including phenoxy) is 1. The van der Waals surface area contributed by atoms with Crippen LogP contribution >= 0.6 is 15.9 Å². The maximum Gasteiger partial charge on any atom is 0.264 e. The Kier molecular flexibility index (Phi) is 4.62. The van der Waals surface area contributed by atoms with E-state index in [4.69, 9.17) is 4.74 Å². The molecule has 0 aliphatic carbocycles. The molecule has 1 fully saturated rings. The van der Waals surface area contributed by atoms with Gasteiger partial charge in [-0.25, -0.2) is 0 Å². The Morgan fingerprint density at radius 2 is 2.20 bits per heavy atom. The smallest absolute Gasteiger partial charge is 0.264 e. The van der Waals surface area contributed by atoms with E-state index in [0.29, 0.717) is 16.6 Å². The van der Waals surface area contributed by atoms with Gasteiger partial charge in [0.05, 0.1) is 22.3 Å². The van der Waals surface area contributed by atoms with Crippen molar-refractivity contribution in [1.82, 2.24) is 9.47 Å². The molecule has 6 nitrogen and oxygen atoms in total. The van der Waals surface area contributed by atoms with E-state index in [0.717, 1.165) is 6.54 Å². The lowest BCUT2D eigenvalue weighted by Gasteiger charge is -2.18. The van der Waals surface area contributed by atoms with Crippen molar-refractivity contribution in [1.29, 1.82) is 0 Å². The van der Waals surface area contributed by atoms with Crippen LogP contribution in [-0.4, -0.2) is 48.2 Å². The van der Waals surface area contributed by atoms with Crippen molar-refractivity contribution in [2.45, 2.75) is 18.6 Å². The largest absolute Gasteiger partial charge is 0.380 e. The number of halogens is 1. The number of likely N-dealkylation sites (tertiary alicyclic amines) is 1. The van der Waals surface area contributed by atoms with Crippen LogP contribution in [-0.2, 0) is 16.6 Å². The highest BCUT2D eigenvalue weighted by Gasteiger charge is 2.34. The molecular formula is C13H18BrN3O3. The number of nitrogens with zero attached hydrogens (tertiary/aromatic N) is 2. The zero-order valence-corrected chi connectivity index (χ0v) is 13.3.